The summed E-state index contributed by atoms with van der Waals surface area (Å²) in [5.74, 6) is 0.0813. The van der Waals surface area contributed by atoms with Crippen LogP contribution in [0.4, 0.5) is 42.4 Å². The fraction of sp³-hybridized carbons (Fsp3) is 0.379. The van der Waals surface area contributed by atoms with Crippen molar-refractivity contribution >= 4 is 11.6 Å². The van der Waals surface area contributed by atoms with Gasteiger partial charge < -0.3 is 9.80 Å². The zero-order valence-corrected chi connectivity index (χ0v) is 23.3. The van der Waals surface area contributed by atoms with Gasteiger partial charge in [-0.05, 0) is 83.1 Å². The molecule has 0 radical (unpaired) electrons. The van der Waals surface area contributed by atoms with Crippen LogP contribution >= 0.6 is 0 Å². The normalized spacial score (nSPS) is 15.7. The van der Waals surface area contributed by atoms with Crippen molar-refractivity contribution in [2.45, 2.75) is 57.9 Å². The molecular weight excluding hydrogens is 579 g/mol. The van der Waals surface area contributed by atoms with Gasteiger partial charge in [-0.1, -0.05) is 17.2 Å². The van der Waals surface area contributed by atoms with Crippen LogP contribution < -0.4 is 9.80 Å². The summed E-state index contributed by atoms with van der Waals surface area (Å²) in [7, 11) is 1.53. The second-order valence-corrected chi connectivity index (χ2v) is 10.5. The van der Waals surface area contributed by atoms with E-state index in [1.54, 1.807) is 29.4 Å². The van der Waals surface area contributed by atoms with Crippen LogP contribution in [-0.4, -0.2) is 31.7 Å². The van der Waals surface area contributed by atoms with Crippen LogP contribution in [0.3, 0.4) is 0 Å². The van der Waals surface area contributed by atoms with E-state index in [0.29, 0.717) is 37.2 Å². The summed E-state index contributed by atoms with van der Waals surface area (Å²) in [5.41, 5.74) is -0.0230. The maximum Gasteiger partial charge on any atom is 0.416 e. The Kier molecular flexibility index (Phi) is 8.30. The Bertz CT molecular complexity index is 1570. The number of hydrogen-bond donors (Lipinski definition) is 0. The quantitative estimate of drug-likeness (QED) is 0.212. The Labute approximate surface area is 242 Å². The van der Waals surface area contributed by atoms with Gasteiger partial charge in [-0.15, -0.1) is 5.10 Å². The van der Waals surface area contributed by atoms with Gasteiger partial charge in [-0.2, -0.15) is 31.1 Å². The number of nitrogens with zero attached hydrogens (tertiary/aromatic N) is 7. The van der Waals surface area contributed by atoms with Gasteiger partial charge in [0.25, 0.3) is 5.95 Å². The molecule has 0 saturated carbocycles. The lowest BCUT2D eigenvalue weighted by Gasteiger charge is -2.33. The number of pyridine rings is 1. The van der Waals surface area contributed by atoms with Crippen LogP contribution in [0.1, 0.15) is 57.8 Å². The fourth-order valence-electron chi connectivity index (χ4n) is 5.51. The molecule has 0 spiro atoms. The Hall–Kier alpha value is -4.23. The smallest absolute Gasteiger partial charge is 0.367 e. The molecule has 0 fully saturated rings. The number of hydrogen-bond acceptors (Lipinski definition) is 6. The molecule has 43 heavy (non-hydrogen) atoms. The first-order valence-electron chi connectivity index (χ1n) is 13.5. The molecule has 0 aliphatic carbocycles. The molecule has 2 aromatic carbocycles. The Morgan fingerprint density at radius 1 is 0.930 bits per heavy atom. The third kappa shape index (κ3) is 6.73. The number of tetrazole rings is 1. The summed E-state index contributed by atoms with van der Waals surface area (Å²) in [6, 6.07) is 8.59. The molecule has 14 heteroatoms. The third-order valence-electron chi connectivity index (χ3n) is 7.43. The van der Waals surface area contributed by atoms with Crippen LogP contribution in [0.25, 0.3) is 0 Å². The maximum atomic E-state index is 14.1. The molecule has 1 aliphatic heterocycles. The molecule has 0 amide bonds. The van der Waals surface area contributed by atoms with E-state index in [-0.39, 0.29) is 29.2 Å². The Morgan fingerprint density at radius 3 is 2.28 bits per heavy atom. The maximum absolute atomic E-state index is 14.1. The van der Waals surface area contributed by atoms with Crippen LogP contribution in [0, 0.1) is 6.92 Å². The predicted molar refractivity (Wildman–Crippen MR) is 145 cm³/mol. The van der Waals surface area contributed by atoms with Gasteiger partial charge >= 0.3 is 12.4 Å². The van der Waals surface area contributed by atoms with E-state index in [1.165, 1.54) is 30.9 Å². The molecule has 1 atom stereocenters. The minimum Gasteiger partial charge on any atom is -0.367 e. The first kappa shape index (κ1) is 30.2. The number of anilines is 2. The second kappa shape index (κ2) is 11.8. The summed E-state index contributed by atoms with van der Waals surface area (Å²) in [4.78, 5) is 8.70. The van der Waals surface area contributed by atoms with Crippen LogP contribution in [0.2, 0.25) is 0 Å². The number of alkyl halides is 7. The van der Waals surface area contributed by atoms with E-state index in [0.717, 1.165) is 23.8 Å². The Morgan fingerprint density at radius 2 is 1.65 bits per heavy atom. The minimum absolute atomic E-state index is 0.00727. The molecule has 5 rings (SSSR count). The second-order valence-electron chi connectivity index (χ2n) is 10.5. The first-order chi connectivity index (χ1) is 20.3. The highest BCUT2D eigenvalue weighted by atomic mass is 19.4. The molecule has 0 saturated heterocycles. The van der Waals surface area contributed by atoms with E-state index >= 15 is 0 Å². The molecule has 0 unspecified atom stereocenters. The standard InChI is InChI=1S/C29H28F7N7/c1-18-10-23-25(4-3-9-42(16-19-5-7-37-8-6-19)26(23)14-24(18)29(34,35)36)43(27-38-40-41(2)39-27)17-21-11-20(15-30)12-22(13-21)28(31,32)33/h5-8,10-14,25H,3-4,9,15-17H2,1-2H3/t25-/m0/s1. The van der Waals surface area contributed by atoms with Crippen molar-refractivity contribution in [3.63, 3.8) is 0 Å². The van der Waals surface area contributed by atoms with Crippen molar-refractivity contribution in [3.05, 3.63) is 93.8 Å². The van der Waals surface area contributed by atoms with Gasteiger partial charge in [-0.25, -0.2) is 4.39 Å². The highest BCUT2D eigenvalue weighted by molar-refractivity contribution is 5.62. The lowest BCUT2D eigenvalue weighted by atomic mass is 9.94. The largest absolute Gasteiger partial charge is 0.416 e. The van der Waals surface area contributed by atoms with E-state index in [4.69, 9.17) is 0 Å². The topological polar surface area (TPSA) is 63.0 Å². The zero-order valence-electron chi connectivity index (χ0n) is 23.3. The number of halogens is 7. The average molecular weight is 608 g/mol. The molecule has 1 aliphatic rings. The van der Waals surface area contributed by atoms with Gasteiger partial charge in [0.15, 0.2) is 0 Å². The monoisotopic (exact) mass is 607 g/mol. The van der Waals surface area contributed by atoms with Gasteiger partial charge in [0.2, 0.25) is 0 Å². The van der Waals surface area contributed by atoms with Crippen LogP contribution in [0.5, 0.6) is 0 Å². The lowest BCUT2D eigenvalue weighted by Crippen LogP contribution is -2.30. The number of rotatable bonds is 7. The van der Waals surface area contributed by atoms with E-state index in [1.807, 2.05) is 4.90 Å². The lowest BCUT2D eigenvalue weighted by molar-refractivity contribution is -0.138. The van der Waals surface area contributed by atoms with Gasteiger partial charge in [0.1, 0.15) is 6.67 Å². The van der Waals surface area contributed by atoms with Crippen molar-refractivity contribution in [1.82, 2.24) is 25.2 Å². The van der Waals surface area contributed by atoms with Crippen molar-refractivity contribution < 1.29 is 30.7 Å². The third-order valence-corrected chi connectivity index (χ3v) is 7.43. The molecule has 0 N–H and O–H groups in total. The average Bonchev–Trinajstić information content (AvgIpc) is 3.31. The molecule has 228 valence electrons. The summed E-state index contributed by atoms with van der Waals surface area (Å²) in [5, 5.41) is 12.3. The van der Waals surface area contributed by atoms with Crippen molar-refractivity contribution in [3.8, 4) is 0 Å². The molecule has 7 nitrogen and oxygen atoms in total. The van der Waals surface area contributed by atoms with E-state index in [9.17, 15) is 30.7 Å². The number of fused-ring (bicyclic) bond motifs is 1. The number of aromatic nitrogens is 5. The van der Waals surface area contributed by atoms with Gasteiger partial charge in [-0.3, -0.25) is 4.98 Å². The van der Waals surface area contributed by atoms with Gasteiger partial charge in [0, 0.05) is 37.7 Å². The van der Waals surface area contributed by atoms with Crippen LogP contribution in [-0.2, 0) is 39.2 Å². The highest BCUT2D eigenvalue weighted by Gasteiger charge is 2.37. The highest BCUT2D eigenvalue weighted by Crippen LogP contribution is 2.44. The summed E-state index contributed by atoms with van der Waals surface area (Å²) in [6.07, 6.45) is -5.12. The molecule has 2 aromatic heterocycles. The molecule has 0 bridgehead atoms. The fourth-order valence-corrected chi connectivity index (χ4v) is 5.51. The molecule has 3 heterocycles. The van der Waals surface area contributed by atoms with Gasteiger partial charge in [0.05, 0.1) is 24.2 Å². The molecular formula is C29H28F7N7. The zero-order chi connectivity index (χ0) is 30.9. The molecule has 4 aromatic rings. The number of benzene rings is 2. The number of aryl methyl sites for hydroxylation is 2. The van der Waals surface area contributed by atoms with E-state index < -0.39 is 36.2 Å². The minimum atomic E-state index is -4.71. The Balaban J connectivity index is 1.65. The van der Waals surface area contributed by atoms with Crippen molar-refractivity contribution in [2.24, 2.45) is 7.05 Å². The summed E-state index contributed by atoms with van der Waals surface area (Å²) in [6.45, 7) is 0.847. The summed E-state index contributed by atoms with van der Waals surface area (Å²) >= 11 is 0. The van der Waals surface area contributed by atoms with E-state index in [2.05, 4.69) is 20.4 Å². The summed E-state index contributed by atoms with van der Waals surface area (Å²) < 4.78 is 97.0. The SMILES string of the molecule is Cc1cc2c(cc1C(F)(F)F)N(Cc1ccncc1)CCC[C@@H]2N(Cc1cc(CF)cc(C(F)(F)F)c1)c1nnn(C)n1. The van der Waals surface area contributed by atoms with Crippen LogP contribution in [0.15, 0.2) is 54.9 Å². The van der Waals surface area contributed by atoms with Crippen molar-refractivity contribution in [2.75, 3.05) is 16.3 Å². The predicted octanol–water partition coefficient (Wildman–Crippen LogP) is 6.97. The first-order valence-corrected chi connectivity index (χ1v) is 13.5. The van der Waals surface area contributed by atoms with Crippen molar-refractivity contribution in [1.29, 1.82) is 0 Å².